The van der Waals surface area contributed by atoms with E-state index in [4.69, 9.17) is 5.11 Å². The van der Waals surface area contributed by atoms with Crippen molar-refractivity contribution in [1.82, 2.24) is 14.9 Å². The van der Waals surface area contributed by atoms with Gasteiger partial charge in [-0.25, -0.2) is 0 Å². The summed E-state index contributed by atoms with van der Waals surface area (Å²) in [4.78, 5) is 0. The summed E-state index contributed by atoms with van der Waals surface area (Å²) >= 11 is 1.37. The largest absolute Gasteiger partial charge is 0.396 e. The first-order chi connectivity index (χ1) is 6.86. The minimum absolute atomic E-state index is 0.276. The fourth-order valence-corrected chi connectivity index (χ4v) is 1.75. The number of hydrogen-bond donors (Lipinski definition) is 2. The van der Waals surface area contributed by atoms with Crippen molar-refractivity contribution in [3.63, 3.8) is 0 Å². The topological polar surface area (TPSA) is 58.0 Å². The second-order valence-electron chi connectivity index (χ2n) is 3.31. The molecule has 1 heterocycles. The van der Waals surface area contributed by atoms with Gasteiger partial charge in [-0.1, -0.05) is 17.8 Å². The number of nitrogens with one attached hydrogen (secondary N) is 1. The molecule has 0 aromatic carbocycles. The average molecular weight is 215 g/mol. The van der Waals surface area contributed by atoms with Crippen molar-refractivity contribution in [3.8, 4) is 0 Å². The van der Waals surface area contributed by atoms with Crippen LogP contribution in [0.2, 0.25) is 0 Å². The maximum atomic E-state index is 8.80. The molecule has 4 nitrogen and oxygen atoms in total. The smallest absolute Gasteiger partial charge is 0.0893 e. The Bertz CT molecular complexity index is 228. The molecular weight excluding hydrogens is 198 g/mol. The third-order valence-corrected chi connectivity index (χ3v) is 2.81. The van der Waals surface area contributed by atoms with Crippen LogP contribution in [-0.4, -0.2) is 27.8 Å². The summed E-state index contributed by atoms with van der Waals surface area (Å²) in [6.45, 7) is 4.14. The molecule has 0 saturated carbocycles. The molecule has 5 heteroatoms. The fourth-order valence-electron chi connectivity index (χ4n) is 1.30. The zero-order valence-electron chi connectivity index (χ0n) is 8.44. The van der Waals surface area contributed by atoms with Crippen LogP contribution >= 0.6 is 11.5 Å². The SMILES string of the molecule is CCC(CCO)CNCc1csnn1. The number of aromatic nitrogens is 2. The molecule has 0 bridgehead atoms. The highest BCUT2D eigenvalue weighted by molar-refractivity contribution is 7.03. The van der Waals surface area contributed by atoms with Crippen LogP contribution in [0.3, 0.4) is 0 Å². The van der Waals surface area contributed by atoms with E-state index in [1.165, 1.54) is 11.5 Å². The van der Waals surface area contributed by atoms with Gasteiger partial charge in [0.15, 0.2) is 0 Å². The first-order valence-corrected chi connectivity index (χ1v) is 5.78. The van der Waals surface area contributed by atoms with Gasteiger partial charge in [0.25, 0.3) is 0 Å². The van der Waals surface area contributed by atoms with Crippen molar-refractivity contribution in [2.75, 3.05) is 13.2 Å². The van der Waals surface area contributed by atoms with Gasteiger partial charge in [0.2, 0.25) is 0 Å². The van der Waals surface area contributed by atoms with E-state index >= 15 is 0 Å². The average Bonchev–Trinajstić information content (AvgIpc) is 2.69. The third-order valence-electron chi connectivity index (χ3n) is 2.26. The van der Waals surface area contributed by atoms with Gasteiger partial charge in [-0.15, -0.1) is 5.10 Å². The van der Waals surface area contributed by atoms with E-state index in [1.54, 1.807) is 0 Å². The van der Waals surface area contributed by atoms with Gasteiger partial charge in [0.05, 0.1) is 5.69 Å². The molecule has 0 spiro atoms. The van der Waals surface area contributed by atoms with Gasteiger partial charge in [0.1, 0.15) is 0 Å². The minimum atomic E-state index is 0.276. The summed E-state index contributed by atoms with van der Waals surface area (Å²) in [7, 11) is 0. The molecule has 0 aliphatic rings. The summed E-state index contributed by atoms with van der Waals surface area (Å²) in [5, 5.41) is 18.0. The lowest BCUT2D eigenvalue weighted by Gasteiger charge is -2.13. The number of rotatable bonds is 7. The Balaban J connectivity index is 2.13. The van der Waals surface area contributed by atoms with Crippen molar-refractivity contribution in [3.05, 3.63) is 11.1 Å². The van der Waals surface area contributed by atoms with Gasteiger partial charge in [-0.2, -0.15) is 0 Å². The normalized spacial score (nSPS) is 13.0. The van der Waals surface area contributed by atoms with E-state index in [0.717, 1.165) is 31.6 Å². The second kappa shape index (κ2) is 6.86. The number of hydrogen-bond acceptors (Lipinski definition) is 5. The predicted octanol–water partition coefficient (Wildman–Crippen LogP) is 1.04. The lowest BCUT2D eigenvalue weighted by molar-refractivity contribution is 0.251. The van der Waals surface area contributed by atoms with Crippen LogP contribution < -0.4 is 5.32 Å². The monoisotopic (exact) mass is 215 g/mol. The Morgan fingerprint density at radius 1 is 1.64 bits per heavy atom. The highest BCUT2D eigenvalue weighted by Gasteiger charge is 2.05. The summed E-state index contributed by atoms with van der Waals surface area (Å²) in [6, 6.07) is 0. The van der Waals surface area contributed by atoms with Gasteiger partial charge in [-0.3, -0.25) is 0 Å². The van der Waals surface area contributed by atoms with Crippen LogP contribution in [0.5, 0.6) is 0 Å². The van der Waals surface area contributed by atoms with E-state index < -0.39 is 0 Å². The molecule has 0 aliphatic carbocycles. The molecule has 0 radical (unpaired) electrons. The molecule has 1 aromatic heterocycles. The minimum Gasteiger partial charge on any atom is -0.396 e. The van der Waals surface area contributed by atoms with Gasteiger partial charge in [0, 0.05) is 18.5 Å². The number of nitrogens with zero attached hydrogens (tertiary/aromatic N) is 2. The van der Waals surface area contributed by atoms with E-state index in [2.05, 4.69) is 21.8 Å². The molecule has 1 aromatic rings. The number of aliphatic hydroxyl groups excluding tert-OH is 1. The maximum Gasteiger partial charge on any atom is 0.0893 e. The summed E-state index contributed by atoms with van der Waals surface area (Å²) in [6.07, 6.45) is 1.97. The van der Waals surface area contributed by atoms with Gasteiger partial charge in [-0.05, 0) is 30.4 Å². The summed E-state index contributed by atoms with van der Waals surface area (Å²) < 4.78 is 3.79. The maximum absolute atomic E-state index is 8.80. The van der Waals surface area contributed by atoms with E-state index in [0.29, 0.717) is 5.92 Å². The first kappa shape index (κ1) is 11.6. The van der Waals surface area contributed by atoms with Crippen LogP contribution in [0.25, 0.3) is 0 Å². The molecule has 80 valence electrons. The molecule has 2 N–H and O–H groups in total. The summed E-state index contributed by atoms with van der Waals surface area (Å²) in [5.74, 6) is 0.562. The van der Waals surface area contributed by atoms with Gasteiger partial charge < -0.3 is 10.4 Å². The highest BCUT2D eigenvalue weighted by atomic mass is 32.1. The Hall–Kier alpha value is -0.520. The predicted molar refractivity (Wildman–Crippen MR) is 57.1 cm³/mol. The zero-order valence-corrected chi connectivity index (χ0v) is 9.26. The van der Waals surface area contributed by atoms with Crippen molar-refractivity contribution in [1.29, 1.82) is 0 Å². The van der Waals surface area contributed by atoms with Crippen molar-refractivity contribution < 1.29 is 5.11 Å². The molecule has 0 fully saturated rings. The first-order valence-electron chi connectivity index (χ1n) is 4.94. The van der Waals surface area contributed by atoms with Crippen molar-refractivity contribution >= 4 is 11.5 Å². The molecule has 14 heavy (non-hydrogen) atoms. The van der Waals surface area contributed by atoms with Crippen molar-refractivity contribution in [2.45, 2.75) is 26.3 Å². The standard InChI is InChI=1S/C9H17N3OS/c1-2-8(3-4-13)5-10-6-9-7-14-12-11-9/h7-8,10,13H,2-6H2,1H3. The second-order valence-corrected chi connectivity index (χ2v) is 3.92. The van der Waals surface area contributed by atoms with Crippen LogP contribution in [0.4, 0.5) is 0 Å². The molecule has 0 saturated heterocycles. The van der Waals surface area contributed by atoms with Crippen LogP contribution in [0, 0.1) is 5.92 Å². The zero-order chi connectivity index (χ0) is 10.2. The van der Waals surface area contributed by atoms with E-state index in [1.807, 2.05) is 5.38 Å². The quantitative estimate of drug-likeness (QED) is 0.713. The fraction of sp³-hybridized carbons (Fsp3) is 0.778. The Morgan fingerprint density at radius 2 is 2.50 bits per heavy atom. The lowest BCUT2D eigenvalue weighted by atomic mass is 10.0. The van der Waals surface area contributed by atoms with Gasteiger partial charge >= 0.3 is 0 Å². The van der Waals surface area contributed by atoms with E-state index in [9.17, 15) is 0 Å². The highest BCUT2D eigenvalue weighted by Crippen LogP contribution is 2.06. The lowest BCUT2D eigenvalue weighted by Crippen LogP contribution is -2.23. The van der Waals surface area contributed by atoms with Crippen LogP contribution in [0.15, 0.2) is 5.38 Å². The summed E-state index contributed by atoms with van der Waals surface area (Å²) in [5.41, 5.74) is 0.994. The molecule has 1 atom stereocenters. The number of aliphatic hydroxyl groups is 1. The van der Waals surface area contributed by atoms with Crippen LogP contribution in [-0.2, 0) is 6.54 Å². The third kappa shape index (κ3) is 4.13. The Morgan fingerprint density at radius 3 is 3.07 bits per heavy atom. The molecule has 0 amide bonds. The molecule has 0 aliphatic heterocycles. The van der Waals surface area contributed by atoms with Crippen LogP contribution in [0.1, 0.15) is 25.5 Å². The van der Waals surface area contributed by atoms with E-state index in [-0.39, 0.29) is 6.61 Å². The Labute approximate surface area is 88.5 Å². The molecular formula is C9H17N3OS. The molecule has 1 rings (SSSR count). The molecule has 1 unspecified atom stereocenters. The van der Waals surface area contributed by atoms with Crippen molar-refractivity contribution in [2.24, 2.45) is 5.92 Å². The Kier molecular flexibility index (Phi) is 5.66.